The maximum atomic E-state index is 14.4. The van der Waals surface area contributed by atoms with E-state index < -0.39 is 0 Å². The van der Waals surface area contributed by atoms with Gasteiger partial charge in [-0.2, -0.15) is 5.26 Å². The highest BCUT2D eigenvalue weighted by atomic mass is 19.1. The van der Waals surface area contributed by atoms with Crippen molar-refractivity contribution >= 4 is 5.78 Å². The third-order valence-corrected chi connectivity index (χ3v) is 4.12. The van der Waals surface area contributed by atoms with Gasteiger partial charge in [-0.15, -0.1) is 0 Å². The maximum Gasteiger partial charge on any atom is 0.234 e. The van der Waals surface area contributed by atoms with E-state index in [1.165, 1.54) is 6.07 Å². The SMILES string of the molecule is Cc1ccn2c(-c3ccc(F)c(-c4ccccc4C#N)c3)cnc2n1. The molecule has 0 spiro atoms. The van der Waals surface area contributed by atoms with Crippen LogP contribution in [0.2, 0.25) is 0 Å². The largest absolute Gasteiger partial charge is 0.284 e. The zero-order valence-corrected chi connectivity index (χ0v) is 13.4. The Balaban J connectivity index is 1.92. The second-order valence-corrected chi connectivity index (χ2v) is 5.73. The summed E-state index contributed by atoms with van der Waals surface area (Å²) >= 11 is 0. The van der Waals surface area contributed by atoms with Crippen molar-refractivity contribution in [2.75, 3.05) is 0 Å². The van der Waals surface area contributed by atoms with Gasteiger partial charge >= 0.3 is 0 Å². The molecule has 2 aromatic heterocycles. The fourth-order valence-corrected chi connectivity index (χ4v) is 2.88. The molecule has 0 amide bonds. The number of rotatable bonds is 2. The average Bonchev–Trinajstić information content (AvgIpc) is 3.05. The summed E-state index contributed by atoms with van der Waals surface area (Å²) in [5.41, 5.74) is 3.92. The molecule has 2 heterocycles. The molecule has 5 heteroatoms. The first-order valence-corrected chi connectivity index (χ1v) is 7.77. The average molecular weight is 328 g/mol. The number of aromatic nitrogens is 3. The van der Waals surface area contributed by atoms with Crippen LogP contribution >= 0.6 is 0 Å². The number of hydrogen-bond donors (Lipinski definition) is 0. The quantitative estimate of drug-likeness (QED) is 0.548. The van der Waals surface area contributed by atoms with E-state index in [1.807, 2.05) is 23.6 Å². The minimum absolute atomic E-state index is 0.366. The Hall–Kier alpha value is -3.52. The molecule has 4 rings (SSSR count). The standard InChI is InChI=1S/C20H13FN4/c1-13-8-9-25-19(12-23-20(25)24-13)14-6-7-18(21)17(10-14)16-5-3-2-4-15(16)11-22/h2-10,12H,1H3. The van der Waals surface area contributed by atoms with Gasteiger partial charge in [-0.05, 0) is 37.3 Å². The summed E-state index contributed by atoms with van der Waals surface area (Å²) in [6, 6.07) is 15.9. The van der Waals surface area contributed by atoms with Gasteiger partial charge in [0, 0.05) is 28.6 Å². The lowest BCUT2D eigenvalue weighted by Crippen LogP contribution is -1.94. The van der Waals surface area contributed by atoms with Crippen LogP contribution in [0.1, 0.15) is 11.3 Å². The number of aryl methyl sites for hydroxylation is 1. The Morgan fingerprint density at radius 2 is 1.92 bits per heavy atom. The summed E-state index contributed by atoms with van der Waals surface area (Å²) in [6.45, 7) is 1.91. The van der Waals surface area contributed by atoms with Crippen molar-refractivity contribution in [2.45, 2.75) is 6.92 Å². The predicted octanol–water partition coefficient (Wildman–Crippen LogP) is 4.38. The number of hydrogen-bond acceptors (Lipinski definition) is 3. The van der Waals surface area contributed by atoms with Gasteiger partial charge in [-0.1, -0.05) is 18.2 Å². The van der Waals surface area contributed by atoms with E-state index in [0.29, 0.717) is 22.5 Å². The molecular formula is C20H13FN4. The molecule has 25 heavy (non-hydrogen) atoms. The molecule has 4 aromatic rings. The van der Waals surface area contributed by atoms with Crippen molar-refractivity contribution in [1.82, 2.24) is 14.4 Å². The fraction of sp³-hybridized carbons (Fsp3) is 0.0500. The van der Waals surface area contributed by atoms with Crippen LogP contribution in [0, 0.1) is 24.1 Å². The Morgan fingerprint density at radius 3 is 2.76 bits per heavy atom. The van der Waals surface area contributed by atoms with Crippen molar-refractivity contribution in [1.29, 1.82) is 5.26 Å². The van der Waals surface area contributed by atoms with Crippen molar-refractivity contribution < 1.29 is 4.39 Å². The van der Waals surface area contributed by atoms with Crippen LogP contribution in [0.15, 0.2) is 60.9 Å². The van der Waals surface area contributed by atoms with Gasteiger partial charge in [0.2, 0.25) is 5.78 Å². The summed E-state index contributed by atoms with van der Waals surface area (Å²) in [6.07, 6.45) is 3.61. The van der Waals surface area contributed by atoms with Crippen molar-refractivity contribution in [3.05, 3.63) is 78.0 Å². The molecule has 0 bridgehead atoms. The molecular weight excluding hydrogens is 315 g/mol. The smallest absolute Gasteiger partial charge is 0.234 e. The number of fused-ring (bicyclic) bond motifs is 1. The Morgan fingerprint density at radius 1 is 1.08 bits per heavy atom. The van der Waals surface area contributed by atoms with E-state index in [9.17, 15) is 9.65 Å². The predicted molar refractivity (Wildman–Crippen MR) is 93.3 cm³/mol. The maximum absolute atomic E-state index is 14.4. The van der Waals surface area contributed by atoms with E-state index in [0.717, 1.165) is 17.0 Å². The van der Waals surface area contributed by atoms with Crippen LogP contribution in [0.25, 0.3) is 28.2 Å². The number of nitrogens with zero attached hydrogens (tertiary/aromatic N) is 4. The second-order valence-electron chi connectivity index (χ2n) is 5.73. The van der Waals surface area contributed by atoms with Gasteiger partial charge in [-0.3, -0.25) is 4.40 Å². The van der Waals surface area contributed by atoms with Crippen LogP contribution < -0.4 is 0 Å². The zero-order chi connectivity index (χ0) is 17.4. The van der Waals surface area contributed by atoms with Crippen LogP contribution in [-0.4, -0.2) is 14.4 Å². The lowest BCUT2D eigenvalue weighted by atomic mass is 9.97. The molecule has 120 valence electrons. The lowest BCUT2D eigenvalue weighted by Gasteiger charge is -2.09. The highest BCUT2D eigenvalue weighted by Crippen LogP contribution is 2.31. The molecule has 0 aliphatic carbocycles. The molecule has 0 N–H and O–H groups in total. The first-order chi connectivity index (χ1) is 12.2. The topological polar surface area (TPSA) is 54.0 Å². The fourth-order valence-electron chi connectivity index (χ4n) is 2.88. The van der Waals surface area contributed by atoms with E-state index in [-0.39, 0.29) is 5.82 Å². The zero-order valence-electron chi connectivity index (χ0n) is 13.4. The van der Waals surface area contributed by atoms with Gasteiger partial charge in [0.25, 0.3) is 0 Å². The monoisotopic (exact) mass is 328 g/mol. The van der Waals surface area contributed by atoms with Crippen LogP contribution in [-0.2, 0) is 0 Å². The molecule has 4 nitrogen and oxygen atoms in total. The number of imidazole rings is 1. The number of benzene rings is 2. The second kappa shape index (κ2) is 5.84. The van der Waals surface area contributed by atoms with Gasteiger partial charge in [0.05, 0.1) is 23.5 Å². The Bertz CT molecular complexity index is 1140. The van der Waals surface area contributed by atoms with Crippen molar-refractivity contribution in [2.24, 2.45) is 0 Å². The van der Waals surface area contributed by atoms with Gasteiger partial charge in [0.1, 0.15) is 5.82 Å². The summed E-state index contributed by atoms with van der Waals surface area (Å²) in [7, 11) is 0. The van der Waals surface area contributed by atoms with Crippen molar-refractivity contribution in [3.63, 3.8) is 0 Å². The van der Waals surface area contributed by atoms with Crippen LogP contribution in [0.4, 0.5) is 4.39 Å². The molecule has 0 unspecified atom stereocenters. The van der Waals surface area contributed by atoms with E-state index in [1.54, 1.807) is 42.6 Å². The molecule has 2 aromatic carbocycles. The molecule has 0 aliphatic rings. The van der Waals surface area contributed by atoms with E-state index in [4.69, 9.17) is 0 Å². The molecule has 0 saturated carbocycles. The third kappa shape index (κ3) is 2.54. The van der Waals surface area contributed by atoms with E-state index in [2.05, 4.69) is 16.0 Å². The molecule has 0 radical (unpaired) electrons. The molecule has 0 saturated heterocycles. The Labute approximate surface area is 143 Å². The highest BCUT2D eigenvalue weighted by Gasteiger charge is 2.13. The summed E-state index contributed by atoms with van der Waals surface area (Å²) in [5.74, 6) is 0.229. The minimum atomic E-state index is -0.366. The van der Waals surface area contributed by atoms with Gasteiger partial charge in [-0.25, -0.2) is 14.4 Å². The first-order valence-electron chi connectivity index (χ1n) is 7.77. The van der Waals surface area contributed by atoms with Gasteiger partial charge in [0.15, 0.2) is 0 Å². The van der Waals surface area contributed by atoms with Gasteiger partial charge < -0.3 is 0 Å². The molecule has 0 aliphatic heterocycles. The number of halogens is 1. The summed E-state index contributed by atoms with van der Waals surface area (Å²) in [5, 5.41) is 9.30. The first kappa shape index (κ1) is 15.0. The lowest BCUT2D eigenvalue weighted by molar-refractivity contribution is 0.631. The summed E-state index contributed by atoms with van der Waals surface area (Å²) < 4.78 is 16.3. The van der Waals surface area contributed by atoms with Crippen LogP contribution in [0.5, 0.6) is 0 Å². The molecule has 0 fully saturated rings. The van der Waals surface area contributed by atoms with E-state index >= 15 is 0 Å². The summed E-state index contributed by atoms with van der Waals surface area (Å²) in [4.78, 5) is 8.70. The normalized spacial score (nSPS) is 10.8. The number of nitriles is 1. The van der Waals surface area contributed by atoms with Crippen molar-refractivity contribution in [3.8, 4) is 28.5 Å². The molecule has 0 atom stereocenters. The minimum Gasteiger partial charge on any atom is -0.284 e. The third-order valence-electron chi connectivity index (χ3n) is 4.12. The van der Waals surface area contributed by atoms with Crippen LogP contribution in [0.3, 0.4) is 0 Å². The highest BCUT2D eigenvalue weighted by molar-refractivity contribution is 5.76. The Kier molecular flexibility index (Phi) is 3.51.